The number of imidazole rings is 2. The second-order valence-corrected chi connectivity index (χ2v) is 11.6. The Bertz CT molecular complexity index is 1690. The summed E-state index contributed by atoms with van der Waals surface area (Å²) in [7, 11) is -2.97. The third-order valence-electron chi connectivity index (χ3n) is 7.09. The van der Waals surface area contributed by atoms with Crippen LogP contribution in [0.25, 0.3) is 22.3 Å². The molecule has 23 heteroatoms. The summed E-state index contributed by atoms with van der Waals surface area (Å²) in [6.07, 6.45) is -5.67. The summed E-state index contributed by atoms with van der Waals surface area (Å²) >= 11 is 3.98. The lowest BCUT2D eigenvalue weighted by Crippen LogP contribution is -2.35. The van der Waals surface area contributed by atoms with Crippen molar-refractivity contribution in [1.82, 2.24) is 39.0 Å². The monoisotopic (exact) mass is 676 g/mol. The van der Waals surface area contributed by atoms with Crippen LogP contribution in [-0.4, -0.2) is 105 Å². The van der Waals surface area contributed by atoms with Gasteiger partial charge in [0.1, 0.15) is 54.2 Å². The fourth-order valence-electron chi connectivity index (χ4n) is 5.04. The van der Waals surface area contributed by atoms with Crippen molar-refractivity contribution in [2.24, 2.45) is 0 Å². The lowest BCUT2D eigenvalue weighted by Gasteiger charge is -2.23. The molecule has 19 nitrogen and oxygen atoms in total. The van der Waals surface area contributed by atoms with E-state index in [-0.39, 0.29) is 35.3 Å². The molecule has 10 atom stereocenters. The van der Waals surface area contributed by atoms with Gasteiger partial charge in [-0.25, -0.2) is 38.9 Å². The summed E-state index contributed by atoms with van der Waals surface area (Å²) in [6.45, 7) is -0.880. The van der Waals surface area contributed by atoms with Gasteiger partial charge in [-0.3, -0.25) is 18.2 Å². The molecule has 0 aromatic carbocycles. The molecule has 6 N–H and O–H groups in total. The van der Waals surface area contributed by atoms with Gasteiger partial charge >= 0.3 is 7.82 Å². The van der Waals surface area contributed by atoms with Crippen molar-refractivity contribution < 1.29 is 46.7 Å². The summed E-state index contributed by atoms with van der Waals surface area (Å²) in [5, 5.41) is 10.9. The highest BCUT2D eigenvalue weighted by molar-refractivity contribution is 7.80. The molecule has 4 aromatic rings. The van der Waals surface area contributed by atoms with E-state index in [4.69, 9.17) is 39.2 Å². The quantitative estimate of drug-likeness (QED) is 0.0790. The number of hydrogen-bond donors (Lipinski definition) is 5. The van der Waals surface area contributed by atoms with Crippen LogP contribution >= 0.6 is 29.9 Å². The molecule has 2 aliphatic heterocycles. The summed E-state index contributed by atoms with van der Waals surface area (Å²) in [5.41, 5.74) is 12.7. The number of phosphoric acid groups is 1. The fraction of sp³-hybridized carbons (Fsp3) is 0.524. The third-order valence-corrected chi connectivity index (χ3v) is 8.57. The number of phosphoric ester groups is 1. The first-order valence-electron chi connectivity index (χ1n) is 12.8. The number of anilines is 2. The number of fused-ring (bicyclic) bond motifs is 2. The number of halogens is 1. The number of aliphatic hydroxyl groups is 1. The van der Waals surface area contributed by atoms with Gasteiger partial charge in [-0.2, -0.15) is 12.6 Å². The van der Waals surface area contributed by atoms with E-state index in [0.29, 0.717) is 11.2 Å². The minimum atomic E-state index is -5.00. The van der Waals surface area contributed by atoms with Crippen LogP contribution in [0, 0.1) is 0 Å². The Kier molecular flexibility index (Phi) is 8.97. The second kappa shape index (κ2) is 12.6. The number of hydrogen-bond acceptors (Lipinski definition) is 17. The molecule has 0 spiro atoms. The van der Waals surface area contributed by atoms with E-state index in [0.717, 1.165) is 0 Å². The van der Waals surface area contributed by atoms with E-state index >= 15 is 4.39 Å². The lowest BCUT2D eigenvalue weighted by molar-refractivity contribution is -0.0624. The zero-order valence-electron chi connectivity index (χ0n) is 22.4. The molecular weight excluding hydrogens is 649 g/mol. The Balaban J connectivity index is 1.16. The number of nitrogens with zero attached hydrogens (tertiary/aromatic N) is 8. The Morgan fingerprint density at radius 3 is 2.14 bits per heavy atom. The van der Waals surface area contributed by atoms with Crippen molar-refractivity contribution in [2.75, 3.05) is 30.6 Å². The molecule has 2 saturated heterocycles. The van der Waals surface area contributed by atoms with Gasteiger partial charge < -0.3 is 40.2 Å². The van der Waals surface area contributed by atoms with Gasteiger partial charge in [0.05, 0.1) is 31.8 Å². The smallest absolute Gasteiger partial charge is 0.387 e. The third kappa shape index (κ3) is 5.74. The van der Waals surface area contributed by atoms with Gasteiger partial charge in [0, 0.05) is 9.47 Å². The predicted octanol–water partition coefficient (Wildman–Crippen LogP) is -0.0942. The Morgan fingerprint density at radius 1 is 0.955 bits per heavy atom. The van der Waals surface area contributed by atoms with Crippen molar-refractivity contribution in [3.05, 3.63) is 25.3 Å². The number of thiol groups is 1. The summed E-state index contributed by atoms with van der Waals surface area (Å²) in [5.74, 6) is 0.167. The van der Waals surface area contributed by atoms with E-state index in [1.165, 1.54) is 34.4 Å². The van der Waals surface area contributed by atoms with E-state index in [9.17, 15) is 14.6 Å². The molecule has 6 rings (SSSR count). The Labute approximate surface area is 254 Å². The van der Waals surface area contributed by atoms with Crippen molar-refractivity contribution >= 4 is 63.9 Å². The van der Waals surface area contributed by atoms with Gasteiger partial charge in [-0.05, 0) is 0 Å². The average Bonchev–Trinajstić information content (AvgIpc) is 3.76. The Morgan fingerprint density at radius 2 is 1.55 bits per heavy atom. The van der Waals surface area contributed by atoms with E-state index in [1.807, 2.05) is 9.47 Å². The van der Waals surface area contributed by atoms with E-state index < -0.39 is 63.6 Å². The molecule has 0 aliphatic carbocycles. The molecule has 0 radical (unpaired) electrons. The molecular formula is C21H27FN10O9P2S. The zero-order chi connectivity index (χ0) is 31.2. The molecule has 6 heterocycles. The Hall–Kier alpha value is -2.68. The highest BCUT2D eigenvalue weighted by Gasteiger charge is 2.52. The van der Waals surface area contributed by atoms with Gasteiger partial charge in [0.25, 0.3) is 0 Å². The fourth-order valence-corrected chi connectivity index (χ4v) is 6.39. The first-order chi connectivity index (χ1) is 21.1. The number of rotatable bonds is 11. The maximum Gasteiger partial charge on any atom is 0.472 e. The highest BCUT2D eigenvalue weighted by Crippen LogP contribution is 2.50. The largest absolute Gasteiger partial charge is 0.472 e. The molecule has 0 saturated carbocycles. The zero-order valence-corrected chi connectivity index (χ0v) is 25.3. The molecule has 2 aliphatic rings. The number of nitrogen functional groups attached to an aromatic ring is 2. The highest BCUT2D eigenvalue weighted by atomic mass is 32.1. The first kappa shape index (κ1) is 31.3. The minimum Gasteiger partial charge on any atom is -0.387 e. The second-order valence-electron chi connectivity index (χ2n) is 9.67. The SMILES string of the molecule is Nc1ncnc2c1ncn2C1OC(COCS)C(OP(=O)(O)OCC2OC(n3cnc4c(N)ncnc43)C(OP)C2O)C1F. The van der Waals surface area contributed by atoms with Crippen molar-refractivity contribution in [3.63, 3.8) is 0 Å². The van der Waals surface area contributed by atoms with Crippen LogP contribution in [0.4, 0.5) is 16.0 Å². The van der Waals surface area contributed by atoms with Gasteiger partial charge in [-0.1, -0.05) is 0 Å². The number of ether oxygens (including phenoxy) is 3. The van der Waals surface area contributed by atoms with Gasteiger partial charge in [0.2, 0.25) is 0 Å². The maximum atomic E-state index is 15.9. The number of alkyl halides is 1. The molecule has 44 heavy (non-hydrogen) atoms. The molecule has 0 amide bonds. The first-order valence-corrected chi connectivity index (χ1v) is 15.4. The van der Waals surface area contributed by atoms with Crippen molar-refractivity contribution in [2.45, 2.75) is 49.1 Å². The molecule has 10 unspecified atom stereocenters. The molecule has 0 bridgehead atoms. The predicted molar refractivity (Wildman–Crippen MR) is 153 cm³/mol. The standard InChI is InChI=1S/C21H27FN10O9P2S/c22-10-14(9(1-36-7-44)39-20(10)31-5-29-11-16(23)25-3-27-18(11)31)41-43(34,35)37-2-8-13(33)15(40-42)21(38-8)32-6-30-12-17(24)26-4-28-19(12)32/h3-6,8-10,13-15,20-21,33,44H,1-2,7,42H2,(H,34,35)(H2,23,25,27)(H2,24,26,28). The maximum absolute atomic E-state index is 15.9. The molecule has 4 aromatic heterocycles. The summed E-state index contributed by atoms with van der Waals surface area (Å²) in [6, 6.07) is 0. The summed E-state index contributed by atoms with van der Waals surface area (Å²) in [4.78, 5) is 34.9. The average molecular weight is 677 g/mol. The van der Waals surface area contributed by atoms with Crippen LogP contribution < -0.4 is 11.5 Å². The number of nitrogens with two attached hydrogens (primary N) is 2. The minimum absolute atomic E-state index is 0.0406. The topological polar surface area (TPSA) is 252 Å². The van der Waals surface area contributed by atoms with Crippen LogP contribution in [0.3, 0.4) is 0 Å². The van der Waals surface area contributed by atoms with Crippen molar-refractivity contribution in [3.8, 4) is 0 Å². The van der Waals surface area contributed by atoms with Crippen molar-refractivity contribution in [1.29, 1.82) is 0 Å². The van der Waals surface area contributed by atoms with Crippen LogP contribution in [0.2, 0.25) is 0 Å². The normalized spacial score (nSPS) is 30.4. The number of aromatic nitrogens is 8. The van der Waals surface area contributed by atoms with Gasteiger partial charge in [0.15, 0.2) is 41.6 Å². The molecule has 238 valence electrons. The van der Waals surface area contributed by atoms with Crippen LogP contribution in [0.15, 0.2) is 25.3 Å². The number of aliphatic hydroxyl groups excluding tert-OH is 1. The van der Waals surface area contributed by atoms with Crippen LogP contribution in [0.1, 0.15) is 12.5 Å². The van der Waals surface area contributed by atoms with Crippen LogP contribution in [0.5, 0.6) is 0 Å². The van der Waals surface area contributed by atoms with Gasteiger partial charge in [-0.15, -0.1) is 0 Å². The lowest BCUT2D eigenvalue weighted by atomic mass is 10.1. The molecule has 2 fully saturated rings. The van der Waals surface area contributed by atoms with E-state index in [1.54, 1.807) is 0 Å². The summed E-state index contributed by atoms with van der Waals surface area (Å²) < 4.78 is 64.5. The van der Waals surface area contributed by atoms with E-state index in [2.05, 4.69) is 42.5 Å². The van der Waals surface area contributed by atoms with Crippen LogP contribution in [-0.2, 0) is 32.3 Å².